The predicted molar refractivity (Wildman–Crippen MR) is 43.9 cm³/mol. The van der Waals surface area contributed by atoms with Crippen molar-refractivity contribution in [1.82, 2.24) is 15.5 Å². The van der Waals surface area contributed by atoms with Crippen molar-refractivity contribution in [2.45, 2.75) is 19.5 Å². The second kappa shape index (κ2) is 4.42. The highest BCUT2D eigenvalue weighted by molar-refractivity contribution is 4.99. The van der Waals surface area contributed by atoms with E-state index in [9.17, 15) is 0 Å². The highest BCUT2D eigenvalue weighted by atomic mass is 15.1. The molecule has 0 amide bonds. The van der Waals surface area contributed by atoms with E-state index in [1.807, 2.05) is 12.1 Å². The van der Waals surface area contributed by atoms with E-state index in [1.54, 1.807) is 13.1 Å². The van der Waals surface area contributed by atoms with Crippen molar-refractivity contribution in [3.8, 4) is 6.07 Å². The molecule has 0 aliphatic heterocycles. The van der Waals surface area contributed by atoms with Crippen LogP contribution in [0.1, 0.15) is 12.6 Å². The molecule has 1 N–H and O–H groups in total. The van der Waals surface area contributed by atoms with Gasteiger partial charge in [0.25, 0.3) is 0 Å². The van der Waals surface area contributed by atoms with Gasteiger partial charge in [-0.2, -0.15) is 15.5 Å². The molecule has 62 valence electrons. The zero-order valence-electron chi connectivity index (χ0n) is 6.86. The molecule has 0 spiro atoms. The van der Waals surface area contributed by atoms with Gasteiger partial charge in [0, 0.05) is 12.7 Å². The molecule has 0 bridgehead atoms. The van der Waals surface area contributed by atoms with Crippen molar-refractivity contribution in [3.63, 3.8) is 0 Å². The van der Waals surface area contributed by atoms with Crippen LogP contribution in [0.5, 0.6) is 0 Å². The summed E-state index contributed by atoms with van der Waals surface area (Å²) in [6.07, 6.45) is 1.62. The number of rotatable bonds is 3. The maximum absolute atomic E-state index is 8.46. The van der Waals surface area contributed by atoms with Gasteiger partial charge in [-0.3, -0.25) is 5.32 Å². The fourth-order valence-electron chi connectivity index (χ4n) is 0.731. The fraction of sp³-hybridized carbons (Fsp3) is 0.375. The van der Waals surface area contributed by atoms with Crippen LogP contribution in [0.3, 0.4) is 0 Å². The smallest absolute Gasteiger partial charge is 0.0927 e. The van der Waals surface area contributed by atoms with E-state index in [0.29, 0.717) is 6.54 Å². The summed E-state index contributed by atoms with van der Waals surface area (Å²) in [5, 5.41) is 19.0. The average Bonchev–Trinajstić information content (AvgIpc) is 2.16. The van der Waals surface area contributed by atoms with Crippen LogP contribution in [0.4, 0.5) is 0 Å². The van der Waals surface area contributed by atoms with E-state index in [0.717, 1.165) is 5.69 Å². The lowest BCUT2D eigenvalue weighted by molar-refractivity contribution is 0.626. The van der Waals surface area contributed by atoms with Crippen LogP contribution in [-0.2, 0) is 6.54 Å². The first-order valence-electron chi connectivity index (χ1n) is 3.72. The van der Waals surface area contributed by atoms with Gasteiger partial charge in [0.05, 0.1) is 17.8 Å². The average molecular weight is 162 g/mol. The van der Waals surface area contributed by atoms with Crippen LogP contribution in [-0.4, -0.2) is 16.2 Å². The van der Waals surface area contributed by atoms with Gasteiger partial charge < -0.3 is 0 Å². The molecule has 1 atom stereocenters. The minimum absolute atomic E-state index is 0.146. The lowest BCUT2D eigenvalue weighted by atomic mass is 10.3. The molecule has 4 heteroatoms. The van der Waals surface area contributed by atoms with Gasteiger partial charge in [-0.25, -0.2) is 0 Å². The van der Waals surface area contributed by atoms with Gasteiger partial charge in [-0.05, 0) is 19.1 Å². The molecule has 4 nitrogen and oxygen atoms in total. The van der Waals surface area contributed by atoms with Crippen molar-refractivity contribution in [2.75, 3.05) is 0 Å². The van der Waals surface area contributed by atoms with E-state index in [4.69, 9.17) is 5.26 Å². The van der Waals surface area contributed by atoms with Crippen molar-refractivity contribution in [2.24, 2.45) is 0 Å². The number of nitriles is 1. The number of hydrogen-bond acceptors (Lipinski definition) is 4. The first-order chi connectivity index (χ1) is 5.83. The van der Waals surface area contributed by atoms with Gasteiger partial charge >= 0.3 is 0 Å². The van der Waals surface area contributed by atoms with Crippen LogP contribution < -0.4 is 5.32 Å². The Bertz CT molecular complexity index is 264. The molecule has 0 aliphatic rings. The van der Waals surface area contributed by atoms with Crippen LogP contribution in [0.25, 0.3) is 0 Å². The maximum atomic E-state index is 8.46. The maximum Gasteiger partial charge on any atom is 0.0927 e. The lowest BCUT2D eigenvalue weighted by Crippen LogP contribution is -2.24. The summed E-state index contributed by atoms with van der Waals surface area (Å²) in [4.78, 5) is 0. The Morgan fingerprint density at radius 2 is 2.58 bits per heavy atom. The van der Waals surface area contributed by atoms with Crippen LogP contribution in [0, 0.1) is 11.3 Å². The molecule has 0 aliphatic carbocycles. The zero-order chi connectivity index (χ0) is 8.81. The molecule has 1 aromatic heterocycles. The molecule has 0 saturated carbocycles. The Morgan fingerprint density at radius 1 is 1.75 bits per heavy atom. The number of hydrogen-bond donors (Lipinski definition) is 1. The fourth-order valence-corrected chi connectivity index (χ4v) is 0.731. The summed E-state index contributed by atoms with van der Waals surface area (Å²) >= 11 is 0. The summed E-state index contributed by atoms with van der Waals surface area (Å²) in [6.45, 7) is 2.39. The largest absolute Gasteiger partial charge is 0.296 e. The first-order valence-corrected chi connectivity index (χ1v) is 3.72. The van der Waals surface area contributed by atoms with Crippen LogP contribution >= 0.6 is 0 Å². The quantitative estimate of drug-likeness (QED) is 0.702. The Morgan fingerprint density at radius 3 is 3.17 bits per heavy atom. The Kier molecular flexibility index (Phi) is 3.17. The van der Waals surface area contributed by atoms with Gasteiger partial charge in [-0.1, -0.05) is 0 Å². The number of aromatic nitrogens is 2. The monoisotopic (exact) mass is 162 g/mol. The molecule has 1 rings (SSSR count). The molecule has 1 heterocycles. The highest BCUT2D eigenvalue weighted by Gasteiger charge is 1.98. The third-order valence-electron chi connectivity index (χ3n) is 1.41. The normalized spacial score (nSPS) is 12.0. The minimum atomic E-state index is -0.146. The summed E-state index contributed by atoms with van der Waals surface area (Å²) < 4.78 is 0. The van der Waals surface area contributed by atoms with E-state index in [-0.39, 0.29) is 6.04 Å². The van der Waals surface area contributed by atoms with Crippen molar-refractivity contribution in [3.05, 3.63) is 24.0 Å². The van der Waals surface area contributed by atoms with Gasteiger partial charge in [0.2, 0.25) is 0 Å². The molecular formula is C8H10N4. The third kappa shape index (κ3) is 2.64. The molecule has 1 aromatic rings. The Labute approximate surface area is 71.2 Å². The molecule has 12 heavy (non-hydrogen) atoms. The summed E-state index contributed by atoms with van der Waals surface area (Å²) in [5.41, 5.74) is 0.847. The van der Waals surface area contributed by atoms with Crippen molar-refractivity contribution in [1.29, 1.82) is 5.26 Å². The molecule has 0 aromatic carbocycles. The number of nitrogens with one attached hydrogen (secondary N) is 1. The summed E-state index contributed by atoms with van der Waals surface area (Å²) in [5.74, 6) is 0. The second-order valence-electron chi connectivity index (χ2n) is 2.45. The Hall–Kier alpha value is -1.47. The predicted octanol–water partition coefficient (Wildman–Crippen LogP) is 0.478. The molecule has 0 saturated heterocycles. The second-order valence-corrected chi connectivity index (χ2v) is 2.45. The van der Waals surface area contributed by atoms with Gasteiger partial charge in [0.1, 0.15) is 0 Å². The van der Waals surface area contributed by atoms with Gasteiger partial charge in [0.15, 0.2) is 0 Å². The standard InChI is InChI=1S/C8H10N4/c1-7(5-9)10-6-8-3-2-4-11-12-8/h2-4,7,10H,6H2,1H3. The molecular weight excluding hydrogens is 152 g/mol. The topological polar surface area (TPSA) is 61.6 Å². The van der Waals surface area contributed by atoms with Crippen molar-refractivity contribution < 1.29 is 0 Å². The van der Waals surface area contributed by atoms with E-state index < -0.39 is 0 Å². The van der Waals surface area contributed by atoms with Crippen LogP contribution in [0.2, 0.25) is 0 Å². The SMILES string of the molecule is CC(C#N)NCc1cccnn1. The minimum Gasteiger partial charge on any atom is -0.296 e. The highest BCUT2D eigenvalue weighted by Crippen LogP contribution is 1.90. The Balaban J connectivity index is 2.40. The van der Waals surface area contributed by atoms with Crippen molar-refractivity contribution >= 4 is 0 Å². The summed E-state index contributed by atoms with van der Waals surface area (Å²) in [7, 11) is 0. The molecule has 1 unspecified atom stereocenters. The van der Waals surface area contributed by atoms with E-state index >= 15 is 0 Å². The van der Waals surface area contributed by atoms with Gasteiger partial charge in [-0.15, -0.1) is 0 Å². The van der Waals surface area contributed by atoms with E-state index in [1.165, 1.54) is 0 Å². The molecule has 0 fully saturated rings. The molecule has 0 radical (unpaired) electrons. The lowest BCUT2D eigenvalue weighted by Gasteiger charge is -2.03. The zero-order valence-corrected chi connectivity index (χ0v) is 6.86. The number of nitrogens with zero attached hydrogens (tertiary/aromatic N) is 3. The van der Waals surface area contributed by atoms with Crippen LogP contribution in [0.15, 0.2) is 18.3 Å². The third-order valence-corrected chi connectivity index (χ3v) is 1.41. The van der Waals surface area contributed by atoms with E-state index in [2.05, 4.69) is 21.6 Å². The summed E-state index contributed by atoms with van der Waals surface area (Å²) in [6, 6.07) is 5.62. The first kappa shape index (κ1) is 8.62.